The molecule has 1 amide bonds. The average Bonchev–Trinajstić information content (AvgIpc) is 2.47. The highest BCUT2D eigenvalue weighted by Gasteiger charge is 2.33. The van der Waals surface area contributed by atoms with Gasteiger partial charge in [-0.15, -0.1) is 0 Å². The molecule has 1 aromatic carbocycles. The normalized spacial score (nSPS) is 18.3. The first kappa shape index (κ1) is 16.0. The van der Waals surface area contributed by atoms with Crippen LogP contribution in [0.25, 0.3) is 0 Å². The fourth-order valence-electron chi connectivity index (χ4n) is 2.99. The third-order valence-corrected chi connectivity index (χ3v) is 4.51. The van der Waals surface area contributed by atoms with E-state index in [1.54, 1.807) is 0 Å². The second kappa shape index (κ2) is 6.18. The zero-order valence-electron chi connectivity index (χ0n) is 13.4. The second-order valence-corrected chi connectivity index (χ2v) is 7.28. The van der Waals surface area contributed by atoms with Crippen LogP contribution in [-0.2, 0) is 5.41 Å². The van der Waals surface area contributed by atoms with E-state index in [9.17, 15) is 9.90 Å². The van der Waals surface area contributed by atoms with Crippen molar-refractivity contribution < 1.29 is 9.90 Å². The van der Waals surface area contributed by atoms with E-state index in [1.807, 2.05) is 24.3 Å². The lowest BCUT2D eigenvalue weighted by Gasteiger charge is -2.36. The van der Waals surface area contributed by atoms with E-state index in [1.165, 1.54) is 12.0 Å². The molecule has 0 atom stereocenters. The molecular formula is C18H27NO2. The molecule has 0 unspecified atom stereocenters. The molecule has 21 heavy (non-hydrogen) atoms. The van der Waals surface area contributed by atoms with Crippen LogP contribution in [0.2, 0.25) is 0 Å². The van der Waals surface area contributed by atoms with Gasteiger partial charge in [0.25, 0.3) is 5.91 Å². The zero-order chi connectivity index (χ0) is 15.5. The van der Waals surface area contributed by atoms with Gasteiger partial charge in [0.1, 0.15) is 0 Å². The van der Waals surface area contributed by atoms with Crippen molar-refractivity contribution >= 4 is 5.91 Å². The van der Waals surface area contributed by atoms with Crippen LogP contribution in [0.5, 0.6) is 0 Å². The fourth-order valence-corrected chi connectivity index (χ4v) is 2.99. The zero-order valence-corrected chi connectivity index (χ0v) is 13.4. The lowest BCUT2D eigenvalue weighted by atomic mass is 9.82. The van der Waals surface area contributed by atoms with Gasteiger partial charge in [-0.05, 0) is 36.0 Å². The van der Waals surface area contributed by atoms with Crippen molar-refractivity contribution in [3.05, 3.63) is 35.4 Å². The van der Waals surface area contributed by atoms with E-state index in [2.05, 4.69) is 26.1 Å². The largest absolute Gasteiger partial charge is 0.394 e. The Morgan fingerprint density at radius 1 is 1.14 bits per heavy atom. The number of amides is 1. The number of rotatable bonds is 3. The molecule has 0 bridgehead atoms. The van der Waals surface area contributed by atoms with Crippen LogP contribution in [0.4, 0.5) is 0 Å². The summed E-state index contributed by atoms with van der Waals surface area (Å²) in [5.41, 5.74) is 1.55. The topological polar surface area (TPSA) is 49.3 Å². The van der Waals surface area contributed by atoms with Crippen LogP contribution in [0.15, 0.2) is 24.3 Å². The van der Waals surface area contributed by atoms with Gasteiger partial charge in [-0.2, -0.15) is 0 Å². The van der Waals surface area contributed by atoms with Crippen LogP contribution in [0, 0.1) is 0 Å². The maximum atomic E-state index is 12.4. The molecule has 0 aromatic heterocycles. The summed E-state index contributed by atoms with van der Waals surface area (Å²) in [6.07, 6.45) is 5.08. The first-order valence-electron chi connectivity index (χ1n) is 7.90. The first-order chi connectivity index (χ1) is 9.86. The van der Waals surface area contributed by atoms with Crippen molar-refractivity contribution in [3.63, 3.8) is 0 Å². The van der Waals surface area contributed by atoms with E-state index >= 15 is 0 Å². The summed E-state index contributed by atoms with van der Waals surface area (Å²) in [5, 5.41) is 12.7. The van der Waals surface area contributed by atoms with Crippen LogP contribution < -0.4 is 5.32 Å². The average molecular weight is 289 g/mol. The molecule has 1 aliphatic carbocycles. The van der Waals surface area contributed by atoms with E-state index in [4.69, 9.17) is 0 Å². The van der Waals surface area contributed by atoms with Gasteiger partial charge in [0.15, 0.2) is 0 Å². The van der Waals surface area contributed by atoms with Gasteiger partial charge in [-0.3, -0.25) is 4.79 Å². The smallest absolute Gasteiger partial charge is 0.251 e. The lowest BCUT2D eigenvalue weighted by molar-refractivity contribution is 0.0758. The number of nitrogens with one attached hydrogen (secondary N) is 1. The second-order valence-electron chi connectivity index (χ2n) is 7.28. The molecule has 0 radical (unpaired) electrons. The van der Waals surface area contributed by atoms with Gasteiger partial charge in [-0.1, -0.05) is 52.2 Å². The summed E-state index contributed by atoms with van der Waals surface area (Å²) in [5.74, 6) is -0.0774. The molecule has 3 heteroatoms. The molecule has 2 N–H and O–H groups in total. The summed E-state index contributed by atoms with van der Waals surface area (Å²) >= 11 is 0. The van der Waals surface area contributed by atoms with Gasteiger partial charge in [-0.25, -0.2) is 0 Å². The molecule has 1 aliphatic rings. The van der Waals surface area contributed by atoms with Gasteiger partial charge in [0, 0.05) is 5.56 Å². The van der Waals surface area contributed by atoms with Gasteiger partial charge in [0.05, 0.1) is 12.1 Å². The Hall–Kier alpha value is -1.35. The molecule has 0 aliphatic heterocycles. The van der Waals surface area contributed by atoms with Gasteiger partial charge in [0.2, 0.25) is 0 Å². The molecule has 2 rings (SSSR count). The summed E-state index contributed by atoms with van der Waals surface area (Å²) in [7, 11) is 0. The third-order valence-electron chi connectivity index (χ3n) is 4.51. The standard InChI is InChI=1S/C18H27NO2/c1-17(2,3)15-9-7-14(8-10-15)16(21)19-18(13-20)11-5-4-6-12-18/h7-10,20H,4-6,11-13H2,1-3H3,(H,19,21). The van der Waals surface area contributed by atoms with Crippen molar-refractivity contribution in [1.82, 2.24) is 5.32 Å². The molecule has 1 saturated carbocycles. The number of benzene rings is 1. The van der Waals surface area contributed by atoms with Crippen molar-refractivity contribution in [2.45, 2.75) is 63.8 Å². The summed E-state index contributed by atoms with van der Waals surface area (Å²) in [4.78, 5) is 12.4. The molecule has 1 aromatic rings. The van der Waals surface area contributed by atoms with Crippen molar-refractivity contribution in [2.75, 3.05) is 6.61 Å². The van der Waals surface area contributed by atoms with Gasteiger partial charge >= 0.3 is 0 Å². The molecule has 3 nitrogen and oxygen atoms in total. The Balaban J connectivity index is 2.09. The Labute approximate surface area is 127 Å². The van der Waals surface area contributed by atoms with E-state index in [-0.39, 0.29) is 17.9 Å². The molecule has 0 saturated heterocycles. The van der Waals surface area contributed by atoms with E-state index < -0.39 is 5.54 Å². The molecule has 1 fully saturated rings. The van der Waals surface area contributed by atoms with Crippen LogP contribution in [-0.4, -0.2) is 23.2 Å². The minimum atomic E-state index is -0.419. The maximum Gasteiger partial charge on any atom is 0.251 e. The summed E-state index contributed by atoms with van der Waals surface area (Å²) in [6.45, 7) is 6.50. The summed E-state index contributed by atoms with van der Waals surface area (Å²) < 4.78 is 0. The number of hydrogen-bond acceptors (Lipinski definition) is 2. The highest BCUT2D eigenvalue weighted by atomic mass is 16.3. The van der Waals surface area contributed by atoms with Crippen molar-refractivity contribution in [1.29, 1.82) is 0 Å². The van der Waals surface area contributed by atoms with Crippen molar-refractivity contribution in [3.8, 4) is 0 Å². The Bertz CT molecular complexity index is 479. The summed E-state index contributed by atoms with van der Waals surface area (Å²) in [6, 6.07) is 7.79. The predicted octanol–water partition coefficient (Wildman–Crippen LogP) is 3.41. The highest BCUT2D eigenvalue weighted by molar-refractivity contribution is 5.94. The maximum absolute atomic E-state index is 12.4. The lowest BCUT2D eigenvalue weighted by Crippen LogP contribution is -2.52. The fraction of sp³-hybridized carbons (Fsp3) is 0.611. The van der Waals surface area contributed by atoms with E-state index in [0.717, 1.165) is 25.7 Å². The number of aliphatic hydroxyl groups is 1. The predicted molar refractivity (Wildman–Crippen MR) is 85.5 cm³/mol. The monoisotopic (exact) mass is 289 g/mol. The minimum absolute atomic E-state index is 0.0266. The molecular weight excluding hydrogens is 262 g/mol. The first-order valence-corrected chi connectivity index (χ1v) is 7.90. The number of carbonyl (C=O) groups excluding carboxylic acids is 1. The van der Waals surface area contributed by atoms with Gasteiger partial charge < -0.3 is 10.4 Å². The minimum Gasteiger partial charge on any atom is -0.394 e. The van der Waals surface area contributed by atoms with Crippen LogP contribution in [0.1, 0.15) is 68.8 Å². The molecule has 0 spiro atoms. The molecule has 116 valence electrons. The Morgan fingerprint density at radius 3 is 2.19 bits per heavy atom. The quantitative estimate of drug-likeness (QED) is 0.896. The van der Waals surface area contributed by atoms with Crippen molar-refractivity contribution in [2.24, 2.45) is 0 Å². The van der Waals surface area contributed by atoms with E-state index in [0.29, 0.717) is 5.56 Å². The Morgan fingerprint density at radius 2 is 1.71 bits per heavy atom. The Kier molecular flexibility index (Phi) is 4.72. The number of hydrogen-bond donors (Lipinski definition) is 2. The number of aliphatic hydroxyl groups excluding tert-OH is 1. The number of carbonyl (C=O) groups is 1. The van der Waals surface area contributed by atoms with Crippen LogP contribution in [0.3, 0.4) is 0 Å². The highest BCUT2D eigenvalue weighted by Crippen LogP contribution is 2.28. The third kappa shape index (κ3) is 3.85. The SMILES string of the molecule is CC(C)(C)c1ccc(C(=O)NC2(CO)CCCCC2)cc1. The van der Waals surface area contributed by atoms with Crippen LogP contribution >= 0.6 is 0 Å². The molecule has 0 heterocycles.